The first kappa shape index (κ1) is 43.4. The van der Waals surface area contributed by atoms with E-state index in [4.69, 9.17) is 48.8 Å². The van der Waals surface area contributed by atoms with Crippen LogP contribution in [0.15, 0.2) is 30.0 Å². The summed E-state index contributed by atoms with van der Waals surface area (Å²) in [7, 11) is 1.47. The quantitative estimate of drug-likeness (QED) is 0.137. The standard InChI is InChI=1S/C30H37F2N9O14P2S2/c1-30(2,3)53-29(45)39(4)5-6-48-28(44)38-22-18-24(35-10-33-22)41(12-37-18)26-17(32)20-15(52-26)9-50-57(47,59)55-21-19(42)14(8-49-56(46,58)54-20)51-27(21)40-7-13(31)16-23(40)34-11-36-25(16)43/h7,10-12,14-15,17,19-21,26-27,42H,5-6,8-9H2,1-4H3,(H,46,58)(H,47,59)(H,34,36,43)(H,33,35,38,44)/t14-,15-,17-,19-,20-,21-,26-,27-,56?,57?/m1/s1. The number of H-pyrrole nitrogens is 1. The second kappa shape index (κ2) is 16.6. The van der Waals surface area contributed by atoms with Gasteiger partial charge in [0.1, 0.15) is 54.4 Å². The highest BCUT2D eigenvalue weighted by Gasteiger charge is 2.53. The number of fused-ring (bicyclic) bond motifs is 5. The van der Waals surface area contributed by atoms with Crippen LogP contribution >= 0.6 is 25.8 Å². The molecule has 0 aliphatic carbocycles. The molecule has 322 valence electrons. The number of carbonyl (C=O) groups is 2. The molecule has 0 radical (unpaired) electrons. The fraction of sp³-hybridized carbons (Fsp3) is 0.567. The van der Waals surface area contributed by atoms with E-state index in [1.54, 1.807) is 20.8 Å². The van der Waals surface area contributed by atoms with Crippen molar-refractivity contribution in [3.05, 3.63) is 41.3 Å². The molecule has 7 rings (SSSR count). The second-order valence-electron chi connectivity index (χ2n) is 14.3. The molecule has 7 heterocycles. The Balaban J connectivity index is 1.08. The van der Waals surface area contributed by atoms with Crippen LogP contribution in [0.25, 0.3) is 22.2 Å². The van der Waals surface area contributed by atoms with Crippen molar-refractivity contribution in [1.82, 2.24) is 39.0 Å². The number of likely N-dealkylation sites (N-methyl/N-ethyl adjacent to an activating group) is 1. The Morgan fingerprint density at radius 3 is 2.58 bits per heavy atom. The highest BCUT2D eigenvalue weighted by Crippen LogP contribution is 2.58. The van der Waals surface area contributed by atoms with Gasteiger partial charge in [-0.15, -0.1) is 0 Å². The van der Waals surface area contributed by atoms with Crippen LogP contribution in [0.2, 0.25) is 0 Å². The molecule has 10 atom stereocenters. The second-order valence-corrected chi connectivity index (χ2v) is 19.9. The number of carbonyl (C=O) groups excluding carboxylic acids is 2. The van der Waals surface area contributed by atoms with Crippen molar-refractivity contribution in [3.63, 3.8) is 0 Å². The Kier molecular flexibility index (Phi) is 12.2. The van der Waals surface area contributed by atoms with E-state index in [-0.39, 0.29) is 35.8 Å². The number of nitrogens with zero attached hydrogens (tertiary/aromatic N) is 7. The van der Waals surface area contributed by atoms with Gasteiger partial charge in [-0.2, -0.15) is 0 Å². The Hall–Kier alpha value is -3.72. The number of imidazole rings is 1. The third kappa shape index (κ3) is 9.30. The SMILES string of the molecule is CN(CCOC(=O)Nc1ncnc2c1ncn2[C@@H]1O[C@@H]2COP(O)(=S)O[C@@H]3[C@H](O)[C@@H](COP(=O)(S)O[C@H]2[C@H]1F)O[C@H]3n1cc(F)c2c(=O)[nH]cnc21)C(=O)OC(C)(C)C. The Morgan fingerprint density at radius 1 is 1.10 bits per heavy atom. The molecule has 2 amide bonds. The van der Waals surface area contributed by atoms with Crippen LogP contribution in [0.3, 0.4) is 0 Å². The number of thiol groups is 1. The summed E-state index contributed by atoms with van der Waals surface area (Å²) < 4.78 is 91.6. The third-order valence-corrected chi connectivity index (χ3v) is 12.1. The summed E-state index contributed by atoms with van der Waals surface area (Å²) >= 11 is 9.24. The topological polar surface area (TPSA) is 275 Å². The van der Waals surface area contributed by atoms with Gasteiger partial charge in [0, 0.05) is 13.2 Å². The lowest BCUT2D eigenvalue weighted by Gasteiger charge is -2.27. The maximum absolute atomic E-state index is 16.5. The molecule has 3 aliphatic rings. The van der Waals surface area contributed by atoms with Gasteiger partial charge in [0.2, 0.25) is 0 Å². The van der Waals surface area contributed by atoms with Gasteiger partial charge in [-0.1, -0.05) is 12.2 Å². The Morgan fingerprint density at radius 2 is 1.83 bits per heavy atom. The van der Waals surface area contributed by atoms with Crippen molar-refractivity contribution in [2.45, 2.75) is 75.5 Å². The van der Waals surface area contributed by atoms with Gasteiger partial charge in [-0.05, 0) is 32.6 Å². The first-order valence-corrected chi connectivity index (χ1v) is 22.7. The summed E-state index contributed by atoms with van der Waals surface area (Å²) in [6.07, 6.45) is -10.8. The van der Waals surface area contributed by atoms with Gasteiger partial charge in [-0.25, -0.2) is 42.9 Å². The van der Waals surface area contributed by atoms with E-state index in [1.165, 1.54) is 11.9 Å². The van der Waals surface area contributed by atoms with E-state index in [0.717, 1.165) is 34.3 Å². The molecule has 29 heteroatoms. The summed E-state index contributed by atoms with van der Waals surface area (Å²) in [5.41, 5.74) is -1.80. The van der Waals surface area contributed by atoms with Crippen LogP contribution in [0, 0.1) is 5.82 Å². The minimum absolute atomic E-state index is 0.00719. The van der Waals surface area contributed by atoms with E-state index in [9.17, 15) is 33.3 Å². The molecule has 3 fully saturated rings. The largest absolute Gasteiger partial charge is 0.447 e. The molecule has 59 heavy (non-hydrogen) atoms. The number of hydrogen-bond acceptors (Lipinski definition) is 18. The fourth-order valence-corrected chi connectivity index (χ4v) is 9.18. The lowest BCUT2D eigenvalue weighted by atomic mass is 10.1. The van der Waals surface area contributed by atoms with Crippen molar-refractivity contribution in [1.29, 1.82) is 0 Å². The van der Waals surface area contributed by atoms with Gasteiger partial charge in [0.15, 0.2) is 47.1 Å². The smallest absolute Gasteiger partial charge is 0.412 e. The van der Waals surface area contributed by atoms with Gasteiger partial charge >= 0.3 is 25.7 Å². The van der Waals surface area contributed by atoms with E-state index in [2.05, 4.69) is 42.5 Å². The van der Waals surface area contributed by atoms with Crippen molar-refractivity contribution >= 4 is 77.8 Å². The molecule has 23 nitrogen and oxygen atoms in total. The van der Waals surface area contributed by atoms with Crippen molar-refractivity contribution < 1.29 is 70.0 Å². The van der Waals surface area contributed by atoms with Crippen molar-refractivity contribution in [2.75, 3.05) is 38.7 Å². The predicted molar refractivity (Wildman–Crippen MR) is 203 cm³/mol. The van der Waals surface area contributed by atoms with Crippen LogP contribution in [0.4, 0.5) is 24.2 Å². The number of aliphatic hydroxyl groups is 1. The lowest BCUT2D eigenvalue weighted by molar-refractivity contribution is -0.0586. The zero-order valence-corrected chi connectivity index (χ0v) is 34.7. The predicted octanol–water partition coefficient (Wildman–Crippen LogP) is 2.68. The first-order chi connectivity index (χ1) is 27.7. The summed E-state index contributed by atoms with van der Waals surface area (Å²) in [4.78, 5) is 68.2. The van der Waals surface area contributed by atoms with Crippen LogP contribution < -0.4 is 10.9 Å². The molecule has 4 N–H and O–H groups in total. The maximum Gasteiger partial charge on any atom is 0.412 e. The number of nitrogens with one attached hydrogen (secondary N) is 2. The number of aromatic nitrogens is 7. The average Bonchev–Trinajstić information content (AvgIpc) is 3.89. The Labute approximate surface area is 341 Å². The highest BCUT2D eigenvalue weighted by atomic mass is 32.7. The zero-order valence-electron chi connectivity index (χ0n) is 31.2. The van der Waals surface area contributed by atoms with E-state index >= 15 is 4.39 Å². The maximum atomic E-state index is 16.5. The number of anilines is 1. The molecular formula is C30H37F2N9O14P2S2. The third-order valence-electron chi connectivity index (χ3n) is 8.95. The number of rotatable bonds is 6. The molecule has 2 bridgehead atoms. The number of aliphatic hydroxyl groups excluding tert-OH is 1. The Bertz CT molecular complexity index is 2400. The molecular weight excluding hydrogens is 874 g/mol. The highest BCUT2D eigenvalue weighted by molar-refractivity contribution is 8.44. The molecule has 3 aliphatic heterocycles. The summed E-state index contributed by atoms with van der Waals surface area (Å²) in [5.74, 6) is -1.12. The first-order valence-electron chi connectivity index (χ1n) is 17.5. The van der Waals surface area contributed by atoms with E-state index < -0.39 is 110 Å². The monoisotopic (exact) mass is 911 g/mol. The normalized spacial score (nSPS) is 31.5. The molecule has 4 aromatic rings. The van der Waals surface area contributed by atoms with Crippen LogP contribution in [0.5, 0.6) is 0 Å². The summed E-state index contributed by atoms with van der Waals surface area (Å²) in [6.45, 7) is -5.52. The minimum atomic E-state index is -4.55. The van der Waals surface area contributed by atoms with Crippen molar-refractivity contribution in [3.8, 4) is 0 Å². The van der Waals surface area contributed by atoms with Crippen LogP contribution in [0.1, 0.15) is 33.2 Å². The van der Waals surface area contributed by atoms with Gasteiger partial charge in [0.25, 0.3) is 5.56 Å². The minimum Gasteiger partial charge on any atom is -0.447 e. The van der Waals surface area contributed by atoms with Crippen LogP contribution in [-0.2, 0) is 53.4 Å². The number of halogens is 2. The van der Waals surface area contributed by atoms with Gasteiger partial charge in [0.05, 0.1) is 32.4 Å². The number of amides is 2. The molecule has 0 aromatic carbocycles. The molecule has 0 spiro atoms. The van der Waals surface area contributed by atoms with Gasteiger partial charge < -0.3 is 47.9 Å². The van der Waals surface area contributed by atoms with E-state index in [0.29, 0.717) is 0 Å². The molecule has 3 saturated heterocycles. The molecule has 4 aromatic heterocycles. The number of alkyl halides is 1. The van der Waals surface area contributed by atoms with Crippen LogP contribution in [-0.4, -0.2) is 137 Å². The number of hydrogen-bond donors (Lipinski definition) is 5. The molecule has 0 saturated carbocycles. The zero-order chi connectivity index (χ0) is 42.6. The average molecular weight is 912 g/mol. The summed E-state index contributed by atoms with van der Waals surface area (Å²) in [6, 6.07) is 0. The number of aromatic amines is 1. The molecule has 2 unspecified atom stereocenters. The fourth-order valence-electron chi connectivity index (χ4n) is 6.29. The number of ether oxygens (including phenoxy) is 4. The van der Waals surface area contributed by atoms with E-state index in [1.807, 2.05) is 0 Å². The lowest BCUT2D eigenvalue weighted by Crippen LogP contribution is -2.36. The van der Waals surface area contributed by atoms with Gasteiger partial charge in [-0.3, -0.25) is 28.2 Å². The van der Waals surface area contributed by atoms with Crippen molar-refractivity contribution in [2.24, 2.45) is 0 Å². The summed E-state index contributed by atoms with van der Waals surface area (Å²) in [5, 5.41) is 13.2.